The van der Waals surface area contributed by atoms with Crippen molar-refractivity contribution >= 4 is 39.0 Å². The molecule has 0 saturated heterocycles. The van der Waals surface area contributed by atoms with Crippen LogP contribution in [0.1, 0.15) is 24.7 Å². The van der Waals surface area contributed by atoms with Crippen LogP contribution in [0.25, 0.3) is 0 Å². The third-order valence-corrected chi connectivity index (χ3v) is 3.68. The van der Waals surface area contributed by atoms with Crippen molar-refractivity contribution in [3.05, 3.63) is 44.8 Å². The van der Waals surface area contributed by atoms with Crippen LogP contribution in [0.5, 0.6) is 0 Å². The lowest BCUT2D eigenvalue weighted by Gasteiger charge is -2.13. The number of hydrogen-bond acceptors (Lipinski definition) is 3. The summed E-state index contributed by atoms with van der Waals surface area (Å²) in [5.41, 5.74) is 0.275. The Morgan fingerprint density at radius 1 is 1.24 bits per heavy atom. The first-order chi connectivity index (χ1) is 9.92. The van der Waals surface area contributed by atoms with Crippen LogP contribution in [-0.2, 0) is 6.42 Å². The predicted molar refractivity (Wildman–Crippen MR) is 83.1 cm³/mol. The van der Waals surface area contributed by atoms with Gasteiger partial charge in [0.2, 0.25) is 0 Å². The summed E-state index contributed by atoms with van der Waals surface area (Å²) >= 11 is 9.08. The largest absolute Gasteiger partial charge is 0.335 e. The highest BCUT2D eigenvalue weighted by Gasteiger charge is 2.15. The van der Waals surface area contributed by atoms with Crippen LogP contribution in [-0.4, -0.2) is 9.97 Å². The third-order valence-electron chi connectivity index (χ3n) is 2.86. The summed E-state index contributed by atoms with van der Waals surface area (Å²) < 4.78 is 28.1. The van der Waals surface area contributed by atoms with Crippen LogP contribution in [0.4, 0.5) is 20.3 Å². The van der Waals surface area contributed by atoms with Crippen molar-refractivity contribution < 1.29 is 8.78 Å². The fraction of sp³-hybridized carbons (Fsp3) is 0.286. The number of nitrogens with one attached hydrogen (secondary N) is 1. The lowest BCUT2D eigenvalue weighted by atomic mass is 10.2. The van der Waals surface area contributed by atoms with Crippen LogP contribution >= 0.6 is 27.5 Å². The number of aromatic nitrogens is 2. The molecule has 0 aliphatic carbocycles. The number of nitrogens with zero attached hydrogens (tertiary/aromatic N) is 2. The van der Waals surface area contributed by atoms with Gasteiger partial charge in [0.15, 0.2) is 11.6 Å². The minimum absolute atomic E-state index is 0.265. The highest BCUT2D eigenvalue weighted by atomic mass is 79.9. The zero-order chi connectivity index (χ0) is 15.6. The summed E-state index contributed by atoms with van der Waals surface area (Å²) in [5, 5.41) is 2.94. The Labute approximate surface area is 134 Å². The fourth-order valence-electron chi connectivity index (χ4n) is 1.77. The Bertz CT molecular complexity index is 657. The van der Waals surface area contributed by atoms with Crippen LogP contribution in [0.15, 0.2) is 16.6 Å². The first kappa shape index (κ1) is 16.1. The molecule has 1 N–H and O–H groups in total. The Morgan fingerprint density at radius 2 is 1.86 bits per heavy atom. The van der Waals surface area contributed by atoms with Gasteiger partial charge in [-0.2, -0.15) is 0 Å². The lowest BCUT2D eigenvalue weighted by molar-refractivity contribution is 0.589. The average Bonchev–Trinajstić information content (AvgIpc) is 2.39. The van der Waals surface area contributed by atoms with Crippen molar-refractivity contribution in [3.8, 4) is 0 Å². The molecule has 0 unspecified atom stereocenters. The van der Waals surface area contributed by atoms with E-state index in [2.05, 4.69) is 31.2 Å². The molecule has 3 nitrogen and oxygen atoms in total. The maximum absolute atomic E-state index is 13.9. The number of hydrogen-bond donors (Lipinski definition) is 1. The zero-order valence-electron chi connectivity index (χ0n) is 11.5. The van der Waals surface area contributed by atoms with E-state index in [9.17, 15) is 8.78 Å². The van der Waals surface area contributed by atoms with Gasteiger partial charge in [-0.05, 0) is 25.5 Å². The SMILES string of the molecule is CCCc1nc(Cl)c(C)c(Nc2c(F)cc(Br)cc2F)n1. The summed E-state index contributed by atoms with van der Waals surface area (Å²) in [4.78, 5) is 8.41. The third kappa shape index (κ3) is 3.68. The van der Waals surface area contributed by atoms with Crippen molar-refractivity contribution in [3.63, 3.8) is 0 Å². The van der Waals surface area contributed by atoms with Gasteiger partial charge in [0.25, 0.3) is 0 Å². The molecule has 2 rings (SSSR count). The zero-order valence-corrected chi connectivity index (χ0v) is 13.8. The van der Waals surface area contributed by atoms with E-state index in [1.54, 1.807) is 6.92 Å². The van der Waals surface area contributed by atoms with E-state index in [4.69, 9.17) is 11.6 Å². The standard InChI is InChI=1S/C14H13BrClF2N3/c1-3-4-11-19-13(16)7(2)14(20-11)21-12-9(17)5-8(15)6-10(12)18/h5-6H,3-4H2,1-2H3,(H,19,20,21). The normalized spacial score (nSPS) is 10.8. The minimum Gasteiger partial charge on any atom is -0.335 e. The molecule has 0 spiro atoms. The van der Waals surface area contributed by atoms with Crippen molar-refractivity contribution in [1.82, 2.24) is 9.97 Å². The topological polar surface area (TPSA) is 37.8 Å². The number of aryl methyl sites for hydroxylation is 1. The van der Waals surface area contributed by atoms with Gasteiger partial charge in [0, 0.05) is 16.5 Å². The Morgan fingerprint density at radius 3 is 2.43 bits per heavy atom. The minimum atomic E-state index is -0.715. The Hall–Kier alpha value is -1.27. The second-order valence-corrected chi connectivity index (χ2v) is 5.80. The smallest absolute Gasteiger partial charge is 0.150 e. The first-order valence-electron chi connectivity index (χ1n) is 6.37. The summed E-state index contributed by atoms with van der Waals surface area (Å²) in [6, 6.07) is 2.35. The highest BCUT2D eigenvalue weighted by molar-refractivity contribution is 9.10. The average molecular weight is 377 g/mol. The van der Waals surface area contributed by atoms with Gasteiger partial charge in [-0.3, -0.25) is 0 Å². The van der Waals surface area contributed by atoms with Gasteiger partial charge in [0.05, 0.1) is 0 Å². The van der Waals surface area contributed by atoms with Gasteiger partial charge >= 0.3 is 0 Å². The second-order valence-electron chi connectivity index (χ2n) is 4.52. The molecule has 112 valence electrons. The van der Waals surface area contributed by atoms with Gasteiger partial charge in [-0.15, -0.1) is 0 Å². The molecule has 0 radical (unpaired) electrons. The number of rotatable bonds is 4. The molecule has 0 amide bonds. The monoisotopic (exact) mass is 375 g/mol. The van der Waals surface area contributed by atoms with E-state index in [0.717, 1.165) is 6.42 Å². The van der Waals surface area contributed by atoms with E-state index in [-0.39, 0.29) is 10.8 Å². The number of halogens is 4. The highest BCUT2D eigenvalue weighted by Crippen LogP contribution is 2.29. The summed E-state index contributed by atoms with van der Waals surface area (Å²) in [6.45, 7) is 3.67. The molecule has 2 aromatic rings. The molecular formula is C14H13BrClF2N3. The van der Waals surface area contributed by atoms with E-state index in [0.29, 0.717) is 28.1 Å². The summed E-state index contributed by atoms with van der Waals surface area (Å²) in [6.07, 6.45) is 1.49. The van der Waals surface area contributed by atoms with E-state index in [1.165, 1.54) is 12.1 Å². The maximum atomic E-state index is 13.9. The molecule has 1 aromatic heterocycles. The van der Waals surface area contributed by atoms with Gasteiger partial charge in [-0.25, -0.2) is 18.7 Å². The van der Waals surface area contributed by atoms with Crippen molar-refractivity contribution in [1.29, 1.82) is 0 Å². The molecule has 0 bridgehead atoms. The molecule has 1 heterocycles. The fourth-order valence-corrected chi connectivity index (χ4v) is 2.36. The van der Waals surface area contributed by atoms with Crippen LogP contribution in [0, 0.1) is 18.6 Å². The predicted octanol–water partition coefficient (Wildman–Crippen LogP) is 5.18. The molecule has 7 heteroatoms. The number of benzene rings is 1. The molecule has 0 saturated carbocycles. The van der Waals surface area contributed by atoms with E-state index >= 15 is 0 Å². The van der Waals surface area contributed by atoms with Crippen molar-refractivity contribution in [2.24, 2.45) is 0 Å². The maximum Gasteiger partial charge on any atom is 0.150 e. The van der Waals surface area contributed by atoms with E-state index in [1.807, 2.05) is 6.92 Å². The van der Waals surface area contributed by atoms with E-state index < -0.39 is 11.6 Å². The Balaban J connectivity index is 2.44. The molecule has 0 atom stereocenters. The van der Waals surface area contributed by atoms with Gasteiger partial charge in [-0.1, -0.05) is 34.5 Å². The molecular weight excluding hydrogens is 364 g/mol. The molecule has 0 aliphatic heterocycles. The Kier molecular flexibility index (Phi) is 5.11. The molecule has 0 aliphatic rings. The van der Waals surface area contributed by atoms with Gasteiger partial charge < -0.3 is 5.32 Å². The molecule has 1 aromatic carbocycles. The van der Waals surface area contributed by atoms with Crippen LogP contribution in [0.2, 0.25) is 5.15 Å². The van der Waals surface area contributed by atoms with Crippen molar-refractivity contribution in [2.45, 2.75) is 26.7 Å². The molecule has 21 heavy (non-hydrogen) atoms. The first-order valence-corrected chi connectivity index (χ1v) is 7.54. The number of anilines is 2. The second kappa shape index (κ2) is 6.66. The van der Waals surface area contributed by atoms with Gasteiger partial charge in [0.1, 0.15) is 22.5 Å². The van der Waals surface area contributed by atoms with Crippen LogP contribution in [0.3, 0.4) is 0 Å². The summed E-state index contributed by atoms with van der Waals surface area (Å²) in [5.74, 6) is -0.590. The van der Waals surface area contributed by atoms with Crippen molar-refractivity contribution in [2.75, 3.05) is 5.32 Å². The molecule has 0 fully saturated rings. The quantitative estimate of drug-likeness (QED) is 0.748. The van der Waals surface area contributed by atoms with Crippen LogP contribution < -0.4 is 5.32 Å². The lowest BCUT2D eigenvalue weighted by Crippen LogP contribution is -2.06. The summed E-state index contributed by atoms with van der Waals surface area (Å²) in [7, 11) is 0.